The number of anilines is 3. The van der Waals surface area contributed by atoms with Crippen molar-refractivity contribution in [3.63, 3.8) is 0 Å². The van der Waals surface area contributed by atoms with Crippen LogP contribution < -0.4 is 21.3 Å². The summed E-state index contributed by atoms with van der Waals surface area (Å²) >= 11 is 0. The predicted molar refractivity (Wildman–Crippen MR) is 77.8 cm³/mol. The molecule has 1 aromatic rings. The SMILES string of the molecule is CC1(C)C(=O)NC(=O)CN1c1cc2c(cc1N)CC(=O)N2. The highest BCUT2D eigenvalue weighted by Gasteiger charge is 2.42. The summed E-state index contributed by atoms with van der Waals surface area (Å²) in [5, 5.41) is 5.07. The number of imide groups is 1. The summed E-state index contributed by atoms with van der Waals surface area (Å²) in [4.78, 5) is 36.8. The van der Waals surface area contributed by atoms with E-state index in [2.05, 4.69) is 10.6 Å². The number of rotatable bonds is 1. The summed E-state index contributed by atoms with van der Waals surface area (Å²) in [6.45, 7) is 3.48. The molecule has 0 unspecified atom stereocenters. The zero-order valence-corrected chi connectivity index (χ0v) is 11.8. The topological polar surface area (TPSA) is 105 Å². The molecule has 0 spiro atoms. The second-order valence-corrected chi connectivity index (χ2v) is 5.82. The third-order valence-electron chi connectivity index (χ3n) is 3.95. The van der Waals surface area contributed by atoms with E-state index >= 15 is 0 Å². The van der Waals surface area contributed by atoms with Crippen molar-refractivity contribution in [2.24, 2.45) is 0 Å². The molecule has 4 N–H and O–H groups in total. The van der Waals surface area contributed by atoms with Gasteiger partial charge < -0.3 is 16.0 Å². The van der Waals surface area contributed by atoms with Crippen molar-refractivity contribution in [3.05, 3.63) is 17.7 Å². The van der Waals surface area contributed by atoms with Gasteiger partial charge in [0.1, 0.15) is 5.54 Å². The zero-order valence-electron chi connectivity index (χ0n) is 11.8. The van der Waals surface area contributed by atoms with Crippen LogP contribution in [0.2, 0.25) is 0 Å². The van der Waals surface area contributed by atoms with Crippen LogP contribution in [0.3, 0.4) is 0 Å². The molecular formula is C14H16N4O3. The number of piperazine rings is 1. The summed E-state index contributed by atoms with van der Waals surface area (Å²) in [5.41, 5.74) is 7.68. The van der Waals surface area contributed by atoms with Crippen molar-refractivity contribution in [1.82, 2.24) is 5.32 Å². The molecule has 0 saturated carbocycles. The molecule has 3 rings (SSSR count). The highest BCUT2D eigenvalue weighted by atomic mass is 16.2. The number of nitrogens with one attached hydrogen (secondary N) is 2. The number of carbonyl (C=O) groups is 3. The van der Waals surface area contributed by atoms with Crippen molar-refractivity contribution < 1.29 is 14.4 Å². The Balaban J connectivity index is 2.07. The monoisotopic (exact) mass is 288 g/mol. The summed E-state index contributed by atoms with van der Waals surface area (Å²) in [6.07, 6.45) is 0.294. The van der Waals surface area contributed by atoms with Crippen molar-refractivity contribution in [2.75, 3.05) is 22.5 Å². The van der Waals surface area contributed by atoms with Crippen LogP contribution in [0.1, 0.15) is 19.4 Å². The molecular weight excluding hydrogens is 272 g/mol. The standard InChI is InChI=1S/C14H16N4O3/c1-14(2)13(21)17-12(20)6-18(14)10-5-9-7(3-8(10)15)4-11(19)16-9/h3,5H,4,6,15H2,1-2H3,(H,16,19)(H,17,20,21). The second kappa shape index (κ2) is 4.21. The molecule has 7 nitrogen and oxygen atoms in total. The van der Waals surface area contributed by atoms with Crippen LogP contribution in [0.15, 0.2) is 12.1 Å². The van der Waals surface area contributed by atoms with Gasteiger partial charge in [0.05, 0.1) is 24.3 Å². The minimum absolute atomic E-state index is 0.0374. The Morgan fingerprint density at radius 1 is 1.14 bits per heavy atom. The lowest BCUT2D eigenvalue weighted by molar-refractivity contribution is -0.135. The fourth-order valence-electron chi connectivity index (χ4n) is 2.69. The molecule has 1 saturated heterocycles. The highest BCUT2D eigenvalue weighted by Crippen LogP contribution is 2.37. The summed E-state index contributed by atoms with van der Waals surface area (Å²) in [5.74, 6) is -0.834. The van der Waals surface area contributed by atoms with Crippen LogP contribution in [0, 0.1) is 0 Å². The molecule has 2 aliphatic heterocycles. The molecule has 21 heavy (non-hydrogen) atoms. The largest absolute Gasteiger partial charge is 0.397 e. The molecule has 3 amide bonds. The first-order valence-electron chi connectivity index (χ1n) is 6.63. The quantitative estimate of drug-likeness (QED) is 0.498. The minimum atomic E-state index is -0.904. The predicted octanol–water partition coefficient (Wildman–Crippen LogP) is 0.00480. The molecule has 0 aromatic heterocycles. The average molecular weight is 288 g/mol. The van der Waals surface area contributed by atoms with Gasteiger partial charge in [-0.15, -0.1) is 0 Å². The number of nitrogen functional groups attached to an aromatic ring is 1. The number of amides is 3. The van der Waals surface area contributed by atoms with Gasteiger partial charge in [-0.05, 0) is 31.5 Å². The third kappa shape index (κ3) is 2.01. The van der Waals surface area contributed by atoms with Gasteiger partial charge in [0, 0.05) is 5.69 Å². The Morgan fingerprint density at radius 2 is 1.86 bits per heavy atom. The van der Waals surface area contributed by atoms with Gasteiger partial charge in [-0.25, -0.2) is 0 Å². The number of nitrogens with two attached hydrogens (primary N) is 1. The fraction of sp³-hybridized carbons (Fsp3) is 0.357. The molecule has 2 heterocycles. The van der Waals surface area contributed by atoms with Crippen LogP contribution in [0.5, 0.6) is 0 Å². The van der Waals surface area contributed by atoms with Gasteiger partial charge >= 0.3 is 0 Å². The lowest BCUT2D eigenvalue weighted by Gasteiger charge is -2.42. The zero-order chi connectivity index (χ0) is 15.4. The van der Waals surface area contributed by atoms with E-state index in [1.807, 2.05) is 0 Å². The number of hydrogen-bond acceptors (Lipinski definition) is 5. The van der Waals surface area contributed by atoms with Crippen molar-refractivity contribution in [1.29, 1.82) is 0 Å². The fourth-order valence-corrected chi connectivity index (χ4v) is 2.69. The normalized spacial score (nSPS) is 20.1. The van der Waals surface area contributed by atoms with Crippen molar-refractivity contribution in [3.8, 4) is 0 Å². The van der Waals surface area contributed by atoms with Crippen LogP contribution >= 0.6 is 0 Å². The van der Waals surface area contributed by atoms with E-state index in [9.17, 15) is 14.4 Å². The molecule has 110 valence electrons. The lowest BCUT2D eigenvalue weighted by Crippen LogP contribution is -2.64. The van der Waals surface area contributed by atoms with Crippen LogP contribution in [-0.4, -0.2) is 29.8 Å². The first kappa shape index (κ1) is 13.4. The van der Waals surface area contributed by atoms with Crippen molar-refractivity contribution in [2.45, 2.75) is 25.8 Å². The highest BCUT2D eigenvalue weighted by molar-refractivity contribution is 6.08. The van der Waals surface area contributed by atoms with Gasteiger partial charge in [-0.3, -0.25) is 19.7 Å². The first-order valence-corrected chi connectivity index (χ1v) is 6.63. The molecule has 2 aliphatic rings. The summed E-state index contributed by atoms with van der Waals surface area (Å²) in [7, 11) is 0. The third-order valence-corrected chi connectivity index (χ3v) is 3.95. The van der Waals surface area contributed by atoms with Gasteiger partial charge in [-0.1, -0.05) is 0 Å². The van der Waals surface area contributed by atoms with E-state index in [0.717, 1.165) is 5.56 Å². The summed E-state index contributed by atoms with van der Waals surface area (Å²) in [6, 6.07) is 3.44. The Labute approximate surface area is 121 Å². The van der Waals surface area contributed by atoms with Crippen molar-refractivity contribution >= 4 is 34.8 Å². The van der Waals surface area contributed by atoms with Crippen LogP contribution in [0.25, 0.3) is 0 Å². The van der Waals surface area contributed by atoms with Crippen LogP contribution in [0.4, 0.5) is 17.1 Å². The van der Waals surface area contributed by atoms with E-state index < -0.39 is 5.54 Å². The lowest BCUT2D eigenvalue weighted by atomic mass is 9.96. The molecule has 0 aliphatic carbocycles. The molecule has 0 bridgehead atoms. The Morgan fingerprint density at radius 3 is 2.57 bits per heavy atom. The van der Waals surface area contributed by atoms with Crippen LogP contribution in [-0.2, 0) is 20.8 Å². The number of benzene rings is 1. The first-order chi connectivity index (χ1) is 9.79. The maximum atomic E-state index is 12.0. The number of fused-ring (bicyclic) bond motifs is 1. The van der Waals surface area contributed by atoms with Gasteiger partial charge in [0.25, 0.3) is 5.91 Å². The molecule has 7 heteroatoms. The number of carbonyl (C=O) groups excluding carboxylic acids is 3. The maximum Gasteiger partial charge on any atom is 0.251 e. The van der Waals surface area contributed by atoms with Gasteiger partial charge in [-0.2, -0.15) is 0 Å². The van der Waals surface area contributed by atoms with E-state index in [1.54, 1.807) is 30.9 Å². The second-order valence-electron chi connectivity index (χ2n) is 5.82. The Kier molecular flexibility index (Phi) is 2.69. The van der Waals surface area contributed by atoms with E-state index in [0.29, 0.717) is 23.5 Å². The summed E-state index contributed by atoms with van der Waals surface area (Å²) < 4.78 is 0. The Bertz CT molecular complexity index is 681. The smallest absolute Gasteiger partial charge is 0.251 e. The molecule has 1 fully saturated rings. The van der Waals surface area contributed by atoms with Gasteiger partial charge in [0.15, 0.2) is 0 Å². The maximum absolute atomic E-state index is 12.0. The average Bonchev–Trinajstić information content (AvgIpc) is 2.72. The minimum Gasteiger partial charge on any atom is -0.397 e. The molecule has 1 aromatic carbocycles. The Hall–Kier alpha value is -2.57. The van der Waals surface area contributed by atoms with E-state index in [1.165, 1.54) is 0 Å². The number of nitrogens with zero attached hydrogens (tertiary/aromatic N) is 1. The van der Waals surface area contributed by atoms with E-state index in [-0.39, 0.29) is 24.3 Å². The molecule has 0 atom stereocenters. The van der Waals surface area contributed by atoms with E-state index in [4.69, 9.17) is 5.73 Å². The molecule has 0 radical (unpaired) electrons. The van der Waals surface area contributed by atoms with Gasteiger partial charge in [0.2, 0.25) is 11.8 Å². The number of hydrogen-bond donors (Lipinski definition) is 3.